The number of para-hydroxylation sites is 2. The number of piperidine rings is 1. The topological polar surface area (TPSA) is 80.7 Å². The summed E-state index contributed by atoms with van der Waals surface area (Å²) in [5.74, 6) is 0.544. The number of benzene rings is 1. The van der Waals surface area contributed by atoms with Crippen molar-refractivity contribution in [3.8, 4) is 5.75 Å². The van der Waals surface area contributed by atoms with Crippen LogP contribution in [0, 0.1) is 6.92 Å². The number of anilines is 1. The smallest absolute Gasteiger partial charge is 0.387 e. The van der Waals surface area contributed by atoms with Crippen LogP contribution < -0.4 is 9.64 Å². The number of hydrogen-bond donors (Lipinski definition) is 0. The lowest BCUT2D eigenvalue weighted by Gasteiger charge is -2.43. The highest BCUT2D eigenvalue weighted by Gasteiger charge is 2.52. The van der Waals surface area contributed by atoms with Gasteiger partial charge in [0, 0.05) is 31.6 Å². The highest BCUT2D eigenvalue weighted by Crippen LogP contribution is 2.40. The van der Waals surface area contributed by atoms with Crippen molar-refractivity contribution in [1.29, 1.82) is 0 Å². The van der Waals surface area contributed by atoms with Crippen molar-refractivity contribution in [1.82, 2.24) is 19.9 Å². The highest BCUT2D eigenvalue weighted by molar-refractivity contribution is 5.83. The molecule has 1 atom stereocenters. The Morgan fingerprint density at radius 3 is 2.62 bits per heavy atom. The summed E-state index contributed by atoms with van der Waals surface area (Å²) >= 11 is 0. The minimum absolute atomic E-state index is 0.0304. The van der Waals surface area contributed by atoms with Crippen molar-refractivity contribution in [2.75, 3.05) is 18.0 Å². The molecule has 0 aliphatic carbocycles. The number of halogens is 2. The monoisotopic (exact) mass is 469 g/mol. The van der Waals surface area contributed by atoms with Crippen LogP contribution in [0.3, 0.4) is 0 Å². The molecule has 2 fully saturated rings. The third kappa shape index (κ3) is 4.13. The van der Waals surface area contributed by atoms with Crippen LogP contribution in [-0.4, -0.2) is 57.3 Å². The molecule has 2 saturated heterocycles. The number of ether oxygens (including phenoxy) is 2. The fraction of sp³-hybridized carbons (Fsp3) is 0.417. The number of carbonyl (C=O) groups is 1. The first-order chi connectivity index (χ1) is 16.3. The van der Waals surface area contributed by atoms with Crippen LogP contribution in [0.25, 0.3) is 11.0 Å². The Labute approximate surface area is 195 Å². The van der Waals surface area contributed by atoms with Gasteiger partial charge in [0.15, 0.2) is 0 Å². The summed E-state index contributed by atoms with van der Waals surface area (Å²) in [6.45, 7) is 1.73. The van der Waals surface area contributed by atoms with E-state index in [4.69, 9.17) is 9.72 Å². The van der Waals surface area contributed by atoms with E-state index in [1.54, 1.807) is 31.0 Å². The average Bonchev–Trinajstić information content (AvgIpc) is 3.04. The van der Waals surface area contributed by atoms with Gasteiger partial charge in [-0.25, -0.2) is 4.98 Å². The molecule has 1 aromatic carbocycles. The van der Waals surface area contributed by atoms with Crippen molar-refractivity contribution >= 4 is 22.8 Å². The molecule has 1 amide bonds. The van der Waals surface area contributed by atoms with Crippen LogP contribution in [0.5, 0.6) is 5.75 Å². The Kier molecular flexibility index (Phi) is 5.76. The molecule has 0 radical (unpaired) electrons. The first-order valence-electron chi connectivity index (χ1n) is 11.2. The van der Waals surface area contributed by atoms with Gasteiger partial charge < -0.3 is 19.3 Å². The number of amides is 1. The quantitative estimate of drug-likeness (QED) is 0.564. The number of fused-ring (bicyclic) bond motifs is 1. The Morgan fingerprint density at radius 2 is 1.88 bits per heavy atom. The molecule has 8 nitrogen and oxygen atoms in total. The molecule has 4 heterocycles. The van der Waals surface area contributed by atoms with E-state index >= 15 is 0 Å². The summed E-state index contributed by atoms with van der Waals surface area (Å²) in [7, 11) is 0. The number of pyridine rings is 1. The zero-order chi connectivity index (χ0) is 23.9. The number of hydrogen-bond acceptors (Lipinski definition) is 7. The average molecular weight is 469 g/mol. The Balaban J connectivity index is 1.37. The Morgan fingerprint density at radius 1 is 1.15 bits per heavy atom. The molecule has 0 saturated carbocycles. The van der Waals surface area contributed by atoms with Gasteiger partial charge in [0.1, 0.15) is 29.1 Å². The summed E-state index contributed by atoms with van der Waals surface area (Å²) in [4.78, 5) is 30.4. The predicted molar refractivity (Wildman–Crippen MR) is 120 cm³/mol. The summed E-state index contributed by atoms with van der Waals surface area (Å²) < 4.78 is 36.7. The second-order valence-electron chi connectivity index (χ2n) is 8.61. The van der Waals surface area contributed by atoms with E-state index in [0.29, 0.717) is 31.6 Å². The molecule has 5 rings (SSSR count). The molecule has 178 valence electrons. The maximum absolute atomic E-state index is 13.0. The number of aryl methyl sites for hydroxylation is 1. The summed E-state index contributed by atoms with van der Waals surface area (Å²) in [6.07, 6.45) is 2.20. The standard InChI is InChI=1S/C24H25F2N5O3/c1-15-7-8-20(33-23(25)26)19(28-15)14-31-22(32)16(2)34-24(31)9-11-30(12-10-24)21-13-27-17-5-3-4-6-18(17)29-21/h3-8,13,16,23H,9-12,14H2,1-2H3/t16-/m0/s1. The van der Waals surface area contributed by atoms with Crippen molar-refractivity contribution in [2.45, 2.75) is 51.7 Å². The summed E-state index contributed by atoms with van der Waals surface area (Å²) in [5.41, 5.74) is 1.74. The lowest BCUT2D eigenvalue weighted by Crippen LogP contribution is -2.54. The van der Waals surface area contributed by atoms with E-state index in [1.807, 2.05) is 24.3 Å². The first kappa shape index (κ1) is 22.4. The van der Waals surface area contributed by atoms with Crippen LogP contribution in [0.15, 0.2) is 42.6 Å². The van der Waals surface area contributed by atoms with Crippen molar-refractivity contribution in [3.05, 3.63) is 54.0 Å². The summed E-state index contributed by atoms with van der Waals surface area (Å²) in [5, 5.41) is 0. The minimum atomic E-state index is -2.98. The number of nitrogens with zero attached hydrogens (tertiary/aromatic N) is 5. The third-order valence-corrected chi connectivity index (χ3v) is 6.40. The zero-order valence-corrected chi connectivity index (χ0v) is 18.9. The zero-order valence-electron chi connectivity index (χ0n) is 18.9. The molecule has 2 aliphatic rings. The third-order valence-electron chi connectivity index (χ3n) is 6.40. The van der Waals surface area contributed by atoms with E-state index < -0.39 is 18.4 Å². The Bertz CT molecular complexity index is 1220. The maximum Gasteiger partial charge on any atom is 0.387 e. The van der Waals surface area contributed by atoms with Crippen LogP contribution in [0.4, 0.5) is 14.6 Å². The van der Waals surface area contributed by atoms with Gasteiger partial charge in [-0.15, -0.1) is 0 Å². The summed E-state index contributed by atoms with van der Waals surface area (Å²) in [6, 6.07) is 10.8. The maximum atomic E-state index is 13.0. The normalized spacial score (nSPS) is 20.0. The second kappa shape index (κ2) is 8.75. The van der Waals surface area contributed by atoms with Crippen molar-refractivity contribution in [3.63, 3.8) is 0 Å². The number of aromatic nitrogens is 3. The van der Waals surface area contributed by atoms with Crippen LogP contribution >= 0.6 is 0 Å². The Hall–Kier alpha value is -3.40. The SMILES string of the molecule is Cc1ccc(OC(F)F)c(CN2C(=O)[C@H](C)OC23CCN(c2cnc4ccccc4n2)CC3)n1. The van der Waals surface area contributed by atoms with Gasteiger partial charge in [-0.2, -0.15) is 8.78 Å². The van der Waals surface area contributed by atoms with Gasteiger partial charge in [-0.1, -0.05) is 12.1 Å². The van der Waals surface area contributed by atoms with Crippen molar-refractivity contribution in [2.24, 2.45) is 0 Å². The molecule has 10 heteroatoms. The molecule has 2 aromatic heterocycles. The van der Waals surface area contributed by atoms with Crippen LogP contribution in [-0.2, 0) is 16.1 Å². The number of alkyl halides is 2. The molecular formula is C24H25F2N5O3. The van der Waals surface area contributed by atoms with Crippen LogP contribution in [0.1, 0.15) is 31.2 Å². The van der Waals surface area contributed by atoms with E-state index in [1.165, 1.54) is 6.07 Å². The fourth-order valence-corrected chi connectivity index (χ4v) is 4.72. The van der Waals surface area contributed by atoms with E-state index in [0.717, 1.165) is 16.9 Å². The number of carbonyl (C=O) groups excluding carboxylic acids is 1. The fourth-order valence-electron chi connectivity index (χ4n) is 4.72. The van der Waals surface area contributed by atoms with E-state index in [2.05, 4.69) is 19.6 Å². The lowest BCUT2D eigenvalue weighted by molar-refractivity contribution is -0.138. The molecule has 0 N–H and O–H groups in total. The van der Waals surface area contributed by atoms with Gasteiger partial charge in [0.2, 0.25) is 0 Å². The lowest BCUT2D eigenvalue weighted by atomic mass is 9.98. The highest BCUT2D eigenvalue weighted by atomic mass is 19.3. The predicted octanol–water partition coefficient (Wildman–Crippen LogP) is 3.68. The van der Waals surface area contributed by atoms with Gasteiger partial charge in [0.25, 0.3) is 5.91 Å². The minimum Gasteiger partial charge on any atom is -0.433 e. The molecule has 34 heavy (non-hydrogen) atoms. The molecule has 3 aromatic rings. The van der Waals surface area contributed by atoms with E-state index in [-0.39, 0.29) is 23.9 Å². The molecule has 0 unspecified atom stereocenters. The molecule has 2 aliphatic heterocycles. The molecule has 0 bridgehead atoms. The second-order valence-corrected chi connectivity index (χ2v) is 8.61. The van der Waals surface area contributed by atoms with Gasteiger partial charge in [-0.3, -0.25) is 14.8 Å². The molecule has 1 spiro atoms. The number of rotatable bonds is 5. The largest absolute Gasteiger partial charge is 0.433 e. The van der Waals surface area contributed by atoms with Gasteiger partial charge in [0.05, 0.1) is 23.8 Å². The van der Waals surface area contributed by atoms with Gasteiger partial charge >= 0.3 is 6.61 Å². The first-order valence-corrected chi connectivity index (χ1v) is 11.2. The van der Waals surface area contributed by atoms with E-state index in [9.17, 15) is 13.6 Å². The van der Waals surface area contributed by atoms with Crippen LogP contribution in [0.2, 0.25) is 0 Å². The van der Waals surface area contributed by atoms with Crippen molar-refractivity contribution < 1.29 is 23.0 Å². The molecular weight excluding hydrogens is 444 g/mol. The van der Waals surface area contributed by atoms with Gasteiger partial charge in [-0.05, 0) is 38.1 Å².